The first kappa shape index (κ1) is 15.4. The zero-order valence-corrected chi connectivity index (χ0v) is 13.9. The Bertz CT molecular complexity index is 796. The van der Waals surface area contributed by atoms with Crippen LogP contribution in [0.2, 0.25) is 5.02 Å². The van der Waals surface area contributed by atoms with Crippen molar-refractivity contribution in [2.75, 3.05) is 23.0 Å². The van der Waals surface area contributed by atoms with Crippen molar-refractivity contribution in [1.82, 2.24) is 4.98 Å². The normalized spacial score (nSPS) is 19.9. The van der Waals surface area contributed by atoms with Gasteiger partial charge in [0, 0.05) is 17.1 Å². The van der Waals surface area contributed by atoms with Gasteiger partial charge in [0.25, 0.3) is 5.91 Å². The number of aliphatic hydroxyl groups is 1. The molecule has 3 heterocycles. The highest BCUT2D eigenvalue weighted by Gasteiger charge is 2.30. The van der Waals surface area contributed by atoms with Gasteiger partial charge in [-0.1, -0.05) is 11.6 Å². The summed E-state index contributed by atoms with van der Waals surface area (Å²) in [5.74, 6) is -0.0271. The molecule has 0 saturated carbocycles. The zero-order chi connectivity index (χ0) is 16.7. The lowest BCUT2D eigenvalue weighted by molar-refractivity contribution is 0.0996. The van der Waals surface area contributed by atoms with Gasteiger partial charge in [-0.25, -0.2) is 0 Å². The number of carbonyl (C=O) groups excluding carboxylic acids is 1. The molecular weight excluding hydrogens is 326 g/mol. The molecule has 1 aromatic heterocycles. The van der Waals surface area contributed by atoms with E-state index in [1.807, 2.05) is 12.1 Å². The Hall–Kier alpha value is -2.11. The second-order valence-corrected chi connectivity index (χ2v) is 6.70. The number of halogens is 1. The van der Waals surface area contributed by atoms with Crippen LogP contribution in [-0.4, -0.2) is 35.2 Å². The summed E-state index contributed by atoms with van der Waals surface area (Å²) >= 11 is 6.04. The average molecular weight is 344 g/mol. The Morgan fingerprint density at radius 2 is 2.08 bits per heavy atom. The number of aromatic nitrogens is 1. The first-order valence-corrected chi connectivity index (χ1v) is 8.48. The molecule has 0 spiro atoms. The van der Waals surface area contributed by atoms with Crippen LogP contribution in [0.3, 0.4) is 0 Å². The van der Waals surface area contributed by atoms with Crippen molar-refractivity contribution in [3.8, 4) is 0 Å². The molecular formula is C18H18ClN3O2. The van der Waals surface area contributed by atoms with E-state index < -0.39 is 0 Å². The van der Waals surface area contributed by atoms with E-state index in [2.05, 4.69) is 9.88 Å². The van der Waals surface area contributed by atoms with Gasteiger partial charge in [-0.05, 0) is 42.7 Å². The van der Waals surface area contributed by atoms with E-state index in [-0.39, 0.29) is 18.6 Å². The predicted octanol–water partition coefficient (Wildman–Crippen LogP) is 2.86. The second-order valence-electron chi connectivity index (χ2n) is 6.27. The molecule has 1 atom stereocenters. The van der Waals surface area contributed by atoms with Crippen molar-refractivity contribution < 1.29 is 9.90 Å². The summed E-state index contributed by atoms with van der Waals surface area (Å²) in [5.41, 5.74) is 3.35. The van der Waals surface area contributed by atoms with E-state index >= 15 is 0 Å². The summed E-state index contributed by atoms with van der Waals surface area (Å²) < 4.78 is 0. The second kappa shape index (κ2) is 6.07. The van der Waals surface area contributed by atoms with Crippen molar-refractivity contribution in [3.05, 3.63) is 52.8 Å². The van der Waals surface area contributed by atoms with E-state index in [0.29, 0.717) is 17.1 Å². The lowest BCUT2D eigenvalue weighted by atomic mass is 10.1. The minimum absolute atomic E-state index is 0.0271. The van der Waals surface area contributed by atoms with Gasteiger partial charge in [0.05, 0.1) is 43.0 Å². The molecule has 5 nitrogen and oxygen atoms in total. The molecule has 1 unspecified atom stereocenters. The monoisotopic (exact) mass is 343 g/mol. The van der Waals surface area contributed by atoms with Crippen molar-refractivity contribution in [2.24, 2.45) is 0 Å². The summed E-state index contributed by atoms with van der Waals surface area (Å²) in [4.78, 5) is 20.9. The van der Waals surface area contributed by atoms with Crippen LogP contribution >= 0.6 is 11.6 Å². The quantitative estimate of drug-likeness (QED) is 0.931. The van der Waals surface area contributed by atoms with Gasteiger partial charge in [0.15, 0.2) is 0 Å². The van der Waals surface area contributed by atoms with Crippen LogP contribution in [0.25, 0.3) is 0 Å². The number of aliphatic hydroxyl groups excluding tert-OH is 1. The largest absolute Gasteiger partial charge is 0.394 e. The van der Waals surface area contributed by atoms with E-state index in [4.69, 9.17) is 11.6 Å². The standard InChI is InChI=1S/C18H18ClN3O2/c19-13-3-4-17-12(6-13)10-22(18(17)24)16-7-15(8-20-9-16)21-5-1-2-14(21)11-23/h3-4,6-9,14,23H,1-2,5,10-11H2. The van der Waals surface area contributed by atoms with Gasteiger partial charge in [-0.3, -0.25) is 9.78 Å². The molecule has 1 saturated heterocycles. The van der Waals surface area contributed by atoms with Crippen LogP contribution < -0.4 is 9.80 Å². The number of anilines is 2. The van der Waals surface area contributed by atoms with Gasteiger partial charge in [-0.2, -0.15) is 0 Å². The summed E-state index contributed by atoms with van der Waals surface area (Å²) in [5, 5.41) is 10.2. The SMILES string of the molecule is O=C1c2ccc(Cl)cc2CN1c1cncc(N2CCCC2CO)c1. The number of hydrogen-bond donors (Lipinski definition) is 1. The summed E-state index contributed by atoms with van der Waals surface area (Å²) in [7, 11) is 0. The number of hydrogen-bond acceptors (Lipinski definition) is 4. The van der Waals surface area contributed by atoms with Gasteiger partial charge in [0.1, 0.15) is 0 Å². The van der Waals surface area contributed by atoms with Crippen LogP contribution in [0.4, 0.5) is 11.4 Å². The molecule has 1 amide bonds. The maximum absolute atomic E-state index is 12.7. The molecule has 6 heteroatoms. The molecule has 0 aliphatic carbocycles. The minimum Gasteiger partial charge on any atom is -0.394 e. The minimum atomic E-state index is -0.0271. The average Bonchev–Trinajstić information content (AvgIpc) is 3.19. The third kappa shape index (κ3) is 2.54. The lowest BCUT2D eigenvalue weighted by Gasteiger charge is -2.26. The zero-order valence-electron chi connectivity index (χ0n) is 13.2. The number of rotatable bonds is 3. The summed E-state index contributed by atoms with van der Waals surface area (Å²) in [6.45, 7) is 1.54. The lowest BCUT2D eigenvalue weighted by Crippen LogP contribution is -2.32. The van der Waals surface area contributed by atoms with Crippen molar-refractivity contribution in [3.63, 3.8) is 0 Å². The van der Waals surface area contributed by atoms with Gasteiger partial charge in [0.2, 0.25) is 0 Å². The fourth-order valence-corrected chi connectivity index (χ4v) is 3.78. The first-order chi connectivity index (χ1) is 11.7. The molecule has 2 aliphatic heterocycles. The maximum atomic E-state index is 12.7. The molecule has 1 N–H and O–H groups in total. The van der Waals surface area contributed by atoms with Crippen LogP contribution in [0, 0.1) is 0 Å². The van der Waals surface area contributed by atoms with E-state index in [1.165, 1.54) is 0 Å². The van der Waals surface area contributed by atoms with E-state index in [9.17, 15) is 9.90 Å². The number of pyridine rings is 1. The number of benzene rings is 1. The van der Waals surface area contributed by atoms with Crippen LogP contribution in [0.15, 0.2) is 36.7 Å². The highest BCUT2D eigenvalue weighted by Crippen LogP contribution is 2.33. The van der Waals surface area contributed by atoms with Gasteiger partial charge in [-0.15, -0.1) is 0 Å². The number of nitrogens with zero attached hydrogens (tertiary/aromatic N) is 3. The van der Waals surface area contributed by atoms with Crippen LogP contribution in [-0.2, 0) is 6.54 Å². The third-order valence-electron chi connectivity index (χ3n) is 4.81. The van der Waals surface area contributed by atoms with Gasteiger partial charge < -0.3 is 14.9 Å². The summed E-state index contributed by atoms with van der Waals surface area (Å²) in [6.07, 6.45) is 5.54. The molecule has 1 fully saturated rings. The maximum Gasteiger partial charge on any atom is 0.258 e. The fraction of sp³-hybridized carbons (Fsp3) is 0.333. The van der Waals surface area contributed by atoms with Gasteiger partial charge >= 0.3 is 0 Å². The number of carbonyl (C=O) groups is 1. The molecule has 2 aliphatic rings. The Morgan fingerprint density at radius 1 is 1.25 bits per heavy atom. The number of amides is 1. The smallest absolute Gasteiger partial charge is 0.258 e. The fourth-order valence-electron chi connectivity index (χ4n) is 3.58. The number of fused-ring (bicyclic) bond motifs is 1. The Labute approximate surface area is 145 Å². The topological polar surface area (TPSA) is 56.7 Å². The van der Waals surface area contributed by atoms with E-state index in [1.54, 1.807) is 29.4 Å². The Kier molecular flexibility index (Phi) is 3.90. The molecule has 24 heavy (non-hydrogen) atoms. The molecule has 1 aromatic carbocycles. The first-order valence-electron chi connectivity index (χ1n) is 8.10. The summed E-state index contributed by atoms with van der Waals surface area (Å²) in [6, 6.07) is 7.47. The molecule has 124 valence electrons. The molecule has 2 aromatic rings. The van der Waals surface area contributed by atoms with E-state index in [0.717, 1.165) is 36.3 Å². The highest BCUT2D eigenvalue weighted by atomic mass is 35.5. The van der Waals surface area contributed by atoms with Crippen molar-refractivity contribution in [2.45, 2.75) is 25.4 Å². The van der Waals surface area contributed by atoms with Crippen LogP contribution in [0.5, 0.6) is 0 Å². The van der Waals surface area contributed by atoms with Crippen LogP contribution in [0.1, 0.15) is 28.8 Å². The Morgan fingerprint density at radius 3 is 2.92 bits per heavy atom. The van der Waals surface area contributed by atoms with Crippen molar-refractivity contribution >= 4 is 28.9 Å². The Balaban J connectivity index is 1.64. The molecule has 0 radical (unpaired) electrons. The third-order valence-corrected chi connectivity index (χ3v) is 5.05. The van der Waals surface area contributed by atoms with Crippen molar-refractivity contribution in [1.29, 1.82) is 0 Å². The molecule has 0 bridgehead atoms. The molecule has 4 rings (SSSR count). The predicted molar refractivity (Wildman–Crippen MR) is 93.7 cm³/mol. The highest BCUT2D eigenvalue weighted by molar-refractivity contribution is 6.31.